The van der Waals surface area contributed by atoms with Crippen molar-refractivity contribution in [3.63, 3.8) is 0 Å². The van der Waals surface area contributed by atoms with Crippen LogP contribution in [0.2, 0.25) is 5.02 Å². The number of ether oxygens (including phenoxy) is 1. The van der Waals surface area contributed by atoms with Crippen LogP contribution in [0.25, 0.3) is 10.2 Å². The quantitative estimate of drug-likeness (QED) is 0.602. The van der Waals surface area contributed by atoms with E-state index >= 15 is 0 Å². The highest BCUT2D eigenvalue weighted by Gasteiger charge is 2.22. The van der Waals surface area contributed by atoms with Crippen molar-refractivity contribution in [3.05, 3.63) is 63.4 Å². The van der Waals surface area contributed by atoms with E-state index in [0.29, 0.717) is 15.4 Å². The molecule has 0 saturated heterocycles. The highest BCUT2D eigenvalue weighted by Crippen LogP contribution is 2.28. The average molecular weight is 403 g/mol. The van der Waals surface area contributed by atoms with Crippen LogP contribution in [0.4, 0.5) is 0 Å². The normalized spacial score (nSPS) is 13.0. The highest BCUT2D eigenvalue weighted by atomic mass is 35.5. The topological polar surface area (TPSA) is 60.7 Å². The largest absolute Gasteiger partial charge is 0.464 e. The molecule has 3 aromatic rings. The lowest BCUT2D eigenvalue weighted by atomic mass is 10.1. The molecule has 1 unspecified atom stereocenters. The Labute approximate surface area is 165 Å². The minimum atomic E-state index is -0.637. The number of fused-ring (bicyclic) bond motifs is 1. The lowest BCUT2D eigenvalue weighted by Crippen LogP contribution is -2.27. The third-order valence-corrected chi connectivity index (χ3v) is 5.65. The van der Waals surface area contributed by atoms with Crippen molar-refractivity contribution in [2.75, 3.05) is 6.61 Å². The lowest BCUT2D eigenvalue weighted by Gasteiger charge is -2.13. The van der Waals surface area contributed by atoms with Crippen LogP contribution in [0.3, 0.4) is 0 Å². The molecular weight excluding hydrogens is 384 g/mol. The summed E-state index contributed by atoms with van der Waals surface area (Å²) in [5.41, 5.74) is 2.29. The van der Waals surface area contributed by atoms with Gasteiger partial charge in [-0.25, -0.2) is 4.79 Å². The van der Waals surface area contributed by atoms with Gasteiger partial charge in [0.05, 0.1) is 21.8 Å². The third kappa shape index (κ3) is 3.96. The zero-order chi connectivity index (χ0) is 19.6. The second-order valence-electron chi connectivity index (χ2n) is 6.05. The summed E-state index contributed by atoms with van der Waals surface area (Å²) in [5, 5.41) is 0.548. The highest BCUT2D eigenvalue weighted by molar-refractivity contribution is 7.17. The second kappa shape index (κ2) is 8.06. The van der Waals surface area contributed by atoms with Crippen molar-refractivity contribution in [1.29, 1.82) is 0 Å². The molecule has 0 spiro atoms. The molecule has 7 heteroatoms. The molecule has 1 atom stereocenters. The van der Waals surface area contributed by atoms with Crippen LogP contribution in [0, 0.1) is 6.92 Å². The number of amides is 1. The Balaban J connectivity index is 2.17. The van der Waals surface area contributed by atoms with E-state index < -0.39 is 6.04 Å². The van der Waals surface area contributed by atoms with Gasteiger partial charge in [0, 0.05) is 5.56 Å². The van der Waals surface area contributed by atoms with Crippen LogP contribution in [0.5, 0.6) is 0 Å². The summed E-state index contributed by atoms with van der Waals surface area (Å²) in [6, 6.07) is 12.0. The van der Waals surface area contributed by atoms with Gasteiger partial charge < -0.3 is 9.30 Å². The Kier molecular flexibility index (Phi) is 5.77. The van der Waals surface area contributed by atoms with Gasteiger partial charge in [-0.15, -0.1) is 0 Å². The van der Waals surface area contributed by atoms with Crippen molar-refractivity contribution in [2.45, 2.75) is 26.8 Å². The number of nitrogens with zero attached hydrogens (tertiary/aromatic N) is 2. The Morgan fingerprint density at radius 2 is 1.93 bits per heavy atom. The average Bonchev–Trinajstić information content (AvgIpc) is 3.01. The maximum absolute atomic E-state index is 12.6. The van der Waals surface area contributed by atoms with E-state index in [-0.39, 0.29) is 18.5 Å². The van der Waals surface area contributed by atoms with Gasteiger partial charge in [-0.1, -0.05) is 46.7 Å². The molecular formula is C20H19ClN2O3S. The molecule has 1 aromatic heterocycles. The van der Waals surface area contributed by atoms with E-state index in [9.17, 15) is 9.59 Å². The van der Waals surface area contributed by atoms with Gasteiger partial charge in [0.25, 0.3) is 5.91 Å². The van der Waals surface area contributed by atoms with Gasteiger partial charge in [-0.2, -0.15) is 4.99 Å². The summed E-state index contributed by atoms with van der Waals surface area (Å²) in [4.78, 5) is 29.6. The van der Waals surface area contributed by atoms with Gasteiger partial charge >= 0.3 is 5.97 Å². The smallest absolute Gasteiger partial charge is 0.328 e. The molecule has 27 heavy (non-hydrogen) atoms. The van der Waals surface area contributed by atoms with Gasteiger partial charge in [-0.3, -0.25) is 4.79 Å². The predicted molar refractivity (Wildman–Crippen MR) is 107 cm³/mol. The van der Waals surface area contributed by atoms with Crippen LogP contribution in [0.15, 0.2) is 47.5 Å². The van der Waals surface area contributed by atoms with Crippen molar-refractivity contribution in [1.82, 2.24) is 4.57 Å². The summed E-state index contributed by atoms with van der Waals surface area (Å²) in [6.07, 6.45) is 0. The fourth-order valence-electron chi connectivity index (χ4n) is 2.70. The summed E-state index contributed by atoms with van der Waals surface area (Å²) in [5.74, 6) is -0.760. The van der Waals surface area contributed by atoms with E-state index in [1.165, 1.54) is 11.3 Å². The van der Waals surface area contributed by atoms with Crippen LogP contribution in [0.1, 0.15) is 35.8 Å². The van der Waals surface area contributed by atoms with Gasteiger partial charge in [-0.05, 0) is 45.0 Å². The number of carbonyl (C=O) groups is 2. The molecule has 0 aliphatic heterocycles. The summed E-state index contributed by atoms with van der Waals surface area (Å²) >= 11 is 7.59. The maximum Gasteiger partial charge on any atom is 0.328 e. The first kappa shape index (κ1) is 19.3. The molecule has 0 N–H and O–H groups in total. The summed E-state index contributed by atoms with van der Waals surface area (Å²) in [6.45, 7) is 5.71. The Morgan fingerprint density at radius 1 is 1.22 bits per heavy atom. The Bertz CT molecular complexity index is 1070. The standard InChI is InChI=1S/C20H19ClN2O3S/c1-4-26-19(25)13(3)23-16-7-5-6-15(21)17(16)27-20(23)22-18(24)14-10-8-12(2)9-11-14/h5-11,13H,4H2,1-3H3. The number of esters is 1. The van der Waals surface area contributed by atoms with E-state index in [2.05, 4.69) is 4.99 Å². The lowest BCUT2D eigenvalue weighted by molar-refractivity contribution is -0.146. The molecule has 0 aliphatic carbocycles. The fraction of sp³-hybridized carbons (Fsp3) is 0.250. The minimum Gasteiger partial charge on any atom is -0.464 e. The van der Waals surface area contributed by atoms with E-state index in [0.717, 1.165) is 15.8 Å². The Hall–Kier alpha value is -2.44. The van der Waals surface area contributed by atoms with Crippen molar-refractivity contribution in [2.24, 2.45) is 4.99 Å². The molecule has 0 fully saturated rings. The number of hydrogen-bond donors (Lipinski definition) is 0. The first-order chi connectivity index (χ1) is 12.9. The van der Waals surface area contributed by atoms with E-state index in [1.807, 2.05) is 25.1 Å². The number of thiazole rings is 1. The van der Waals surface area contributed by atoms with E-state index in [1.54, 1.807) is 42.7 Å². The van der Waals surface area contributed by atoms with Crippen LogP contribution >= 0.6 is 22.9 Å². The number of benzene rings is 2. The van der Waals surface area contributed by atoms with Crippen molar-refractivity contribution >= 4 is 45.0 Å². The van der Waals surface area contributed by atoms with Crippen LogP contribution < -0.4 is 4.80 Å². The second-order valence-corrected chi connectivity index (χ2v) is 7.44. The maximum atomic E-state index is 12.6. The number of hydrogen-bond acceptors (Lipinski definition) is 4. The zero-order valence-electron chi connectivity index (χ0n) is 15.2. The molecule has 0 bridgehead atoms. The van der Waals surface area contributed by atoms with Gasteiger partial charge in [0.1, 0.15) is 6.04 Å². The molecule has 0 radical (unpaired) electrons. The predicted octanol–water partition coefficient (Wildman–Crippen LogP) is 4.53. The fourth-order valence-corrected chi connectivity index (χ4v) is 4.09. The molecule has 5 nitrogen and oxygen atoms in total. The molecule has 2 aromatic carbocycles. The zero-order valence-corrected chi connectivity index (χ0v) is 16.8. The number of carbonyl (C=O) groups excluding carboxylic acids is 2. The SMILES string of the molecule is CCOC(=O)C(C)n1c(=NC(=O)c2ccc(C)cc2)sc2c(Cl)cccc21. The monoisotopic (exact) mass is 402 g/mol. The molecule has 3 rings (SSSR count). The Morgan fingerprint density at radius 3 is 2.59 bits per heavy atom. The first-order valence-electron chi connectivity index (χ1n) is 8.54. The van der Waals surface area contributed by atoms with Gasteiger partial charge in [0.15, 0.2) is 4.80 Å². The summed E-state index contributed by atoms with van der Waals surface area (Å²) in [7, 11) is 0. The van der Waals surface area contributed by atoms with Crippen LogP contribution in [-0.4, -0.2) is 23.1 Å². The molecule has 0 aliphatic rings. The van der Waals surface area contributed by atoms with Crippen molar-refractivity contribution in [3.8, 4) is 0 Å². The third-order valence-electron chi connectivity index (χ3n) is 4.12. The number of rotatable bonds is 4. The number of halogens is 1. The van der Waals surface area contributed by atoms with Crippen molar-refractivity contribution < 1.29 is 14.3 Å². The molecule has 140 valence electrons. The van der Waals surface area contributed by atoms with Crippen LogP contribution in [-0.2, 0) is 9.53 Å². The first-order valence-corrected chi connectivity index (χ1v) is 9.73. The minimum absolute atomic E-state index is 0.279. The summed E-state index contributed by atoms with van der Waals surface area (Å²) < 4.78 is 7.62. The van der Waals surface area contributed by atoms with Gasteiger partial charge in [0.2, 0.25) is 0 Å². The molecule has 1 heterocycles. The van der Waals surface area contributed by atoms with E-state index in [4.69, 9.17) is 16.3 Å². The molecule has 0 saturated carbocycles. The number of aromatic nitrogens is 1. The number of aryl methyl sites for hydroxylation is 1. The molecule has 1 amide bonds.